The minimum absolute atomic E-state index is 0.396. The van der Waals surface area contributed by atoms with Crippen LogP contribution in [0.2, 0.25) is 0 Å². The predicted octanol–water partition coefficient (Wildman–Crippen LogP) is 0.620. The first-order valence-corrected chi connectivity index (χ1v) is 4.67. The number of oxime groups is 1. The zero-order chi connectivity index (χ0) is 11.8. The van der Waals surface area contributed by atoms with Crippen molar-refractivity contribution in [3.63, 3.8) is 0 Å². The quantitative estimate of drug-likeness (QED) is 0.202. The number of ether oxygens (including phenoxy) is 1. The average Bonchev–Trinajstić information content (AvgIpc) is 2.34. The van der Waals surface area contributed by atoms with Gasteiger partial charge in [-0.2, -0.15) is 4.57 Å². The molecule has 0 bridgehead atoms. The Balaban J connectivity index is 2.74. The number of rotatable bonds is 4. The van der Waals surface area contributed by atoms with Crippen LogP contribution < -0.4 is 4.57 Å². The maximum atomic E-state index is 10.9. The fraction of sp³-hybridized carbons (Fsp3) is 0.182. The standard InChI is InChI=1S/C11H12N2O3/c1-16-11(14)5-4-10-3-2-7-13(9-10)8-6-12-15/h2-7,9H,8H2,1H3/p+1/b5-4+,12-6?. The van der Waals surface area contributed by atoms with Crippen LogP contribution in [0.3, 0.4) is 0 Å². The third kappa shape index (κ3) is 3.91. The van der Waals surface area contributed by atoms with E-state index in [0.29, 0.717) is 6.54 Å². The maximum Gasteiger partial charge on any atom is 0.330 e. The van der Waals surface area contributed by atoms with E-state index >= 15 is 0 Å². The molecular formula is C11H13N2O3+. The van der Waals surface area contributed by atoms with Crippen molar-refractivity contribution in [1.29, 1.82) is 0 Å². The summed E-state index contributed by atoms with van der Waals surface area (Å²) in [6, 6.07) is 3.69. The number of carbonyl (C=O) groups excluding carboxylic acids is 1. The third-order valence-electron chi connectivity index (χ3n) is 1.87. The number of pyridine rings is 1. The van der Waals surface area contributed by atoms with Gasteiger partial charge in [-0.1, -0.05) is 5.16 Å². The molecule has 5 nitrogen and oxygen atoms in total. The summed E-state index contributed by atoms with van der Waals surface area (Å²) in [5.74, 6) is -0.396. The smallest absolute Gasteiger partial charge is 0.330 e. The molecule has 84 valence electrons. The molecule has 1 aromatic rings. The number of carbonyl (C=O) groups is 1. The molecule has 1 rings (SSSR count). The van der Waals surface area contributed by atoms with Gasteiger partial charge >= 0.3 is 5.97 Å². The van der Waals surface area contributed by atoms with Gasteiger partial charge in [-0.05, 0) is 12.1 Å². The van der Waals surface area contributed by atoms with Gasteiger partial charge in [-0.25, -0.2) is 4.79 Å². The molecule has 0 radical (unpaired) electrons. The van der Waals surface area contributed by atoms with Gasteiger partial charge in [0.2, 0.25) is 0 Å². The lowest BCUT2D eigenvalue weighted by molar-refractivity contribution is -0.681. The lowest BCUT2D eigenvalue weighted by atomic mass is 10.2. The summed E-state index contributed by atoms with van der Waals surface area (Å²) in [5.41, 5.74) is 0.860. The molecule has 0 saturated heterocycles. The summed E-state index contributed by atoms with van der Waals surface area (Å²) >= 11 is 0. The Labute approximate surface area is 93.3 Å². The van der Waals surface area contributed by atoms with E-state index in [-0.39, 0.29) is 0 Å². The molecule has 0 saturated carbocycles. The van der Waals surface area contributed by atoms with E-state index in [4.69, 9.17) is 5.21 Å². The van der Waals surface area contributed by atoms with Crippen molar-refractivity contribution in [1.82, 2.24) is 0 Å². The van der Waals surface area contributed by atoms with Crippen LogP contribution >= 0.6 is 0 Å². The van der Waals surface area contributed by atoms with Crippen LogP contribution in [0.15, 0.2) is 35.8 Å². The summed E-state index contributed by atoms with van der Waals surface area (Å²) in [6.07, 6.45) is 8.02. The number of methoxy groups -OCH3 is 1. The van der Waals surface area contributed by atoms with Crippen molar-refractivity contribution in [2.45, 2.75) is 6.54 Å². The highest BCUT2D eigenvalue weighted by molar-refractivity contribution is 5.86. The van der Waals surface area contributed by atoms with Gasteiger partial charge in [-0.3, -0.25) is 0 Å². The van der Waals surface area contributed by atoms with E-state index in [1.165, 1.54) is 19.4 Å². The molecule has 0 unspecified atom stereocenters. The van der Waals surface area contributed by atoms with Crippen molar-refractivity contribution in [3.8, 4) is 0 Å². The summed E-state index contributed by atoms with van der Waals surface area (Å²) < 4.78 is 6.30. The molecule has 0 aromatic carbocycles. The Hall–Kier alpha value is -2.17. The van der Waals surface area contributed by atoms with E-state index in [9.17, 15) is 4.79 Å². The van der Waals surface area contributed by atoms with Crippen LogP contribution in [-0.4, -0.2) is 24.5 Å². The highest BCUT2D eigenvalue weighted by Gasteiger charge is 1.99. The van der Waals surface area contributed by atoms with E-state index in [1.54, 1.807) is 6.08 Å². The van der Waals surface area contributed by atoms with E-state index in [1.807, 2.05) is 29.1 Å². The van der Waals surface area contributed by atoms with E-state index < -0.39 is 5.97 Å². The molecule has 0 fully saturated rings. The Bertz CT molecular complexity index is 413. The first kappa shape index (κ1) is 11.9. The van der Waals surface area contributed by atoms with E-state index in [2.05, 4.69) is 9.89 Å². The monoisotopic (exact) mass is 221 g/mol. The highest BCUT2D eigenvalue weighted by atomic mass is 16.5. The molecule has 1 aromatic heterocycles. The van der Waals surface area contributed by atoms with Gasteiger partial charge < -0.3 is 9.94 Å². The normalized spacial score (nSPS) is 11.1. The van der Waals surface area contributed by atoms with Crippen molar-refractivity contribution in [3.05, 3.63) is 36.2 Å². The first-order chi connectivity index (χ1) is 7.76. The second-order valence-corrected chi connectivity index (χ2v) is 2.99. The van der Waals surface area contributed by atoms with Crippen LogP contribution in [-0.2, 0) is 16.1 Å². The minimum atomic E-state index is -0.396. The highest BCUT2D eigenvalue weighted by Crippen LogP contribution is 1.97. The van der Waals surface area contributed by atoms with Crippen molar-refractivity contribution in [2.75, 3.05) is 7.11 Å². The Morgan fingerprint density at radius 3 is 3.19 bits per heavy atom. The topological polar surface area (TPSA) is 62.8 Å². The van der Waals surface area contributed by atoms with Crippen LogP contribution in [0.1, 0.15) is 5.56 Å². The molecular weight excluding hydrogens is 208 g/mol. The molecule has 0 spiro atoms. The Kier molecular flexibility index (Phi) is 4.72. The predicted molar refractivity (Wildman–Crippen MR) is 58.0 cm³/mol. The summed E-state index contributed by atoms with van der Waals surface area (Å²) in [6.45, 7) is 0.469. The van der Waals surface area contributed by atoms with Crippen LogP contribution in [0, 0.1) is 0 Å². The largest absolute Gasteiger partial charge is 0.466 e. The molecule has 0 aliphatic heterocycles. The third-order valence-corrected chi connectivity index (χ3v) is 1.87. The molecule has 1 heterocycles. The fourth-order valence-corrected chi connectivity index (χ4v) is 1.12. The number of hydrogen-bond acceptors (Lipinski definition) is 4. The molecule has 5 heteroatoms. The fourth-order valence-electron chi connectivity index (χ4n) is 1.12. The van der Waals surface area contributed by atoms with Gasteiger partial charge in [0.25, 0.3) is 0 Å². The number of esters is 1. The lowest BCUT2D eigenvalue weighted by Crippen LogP contribution is -2.33. The van der Waals surface area contributed by atoms with Crippen LogP contribution in [0.25, 0.3) is 6.08 Å². The average molecular weight is 221 g/mol. The van der Waals surface area contributed by atoms with Crippen LogP contribution in [0.5, 0.6) is 0 Å². The number of aromatic nitrogens is 1. The molecule has 0 aliphatic carbocycles. The van der Waals surface area contributed by atoms with Crippen molar-refractivity contribution in [2.24, 2.45) is 5.16 Å². The van der Waals surface area contributed by atoms with Gasteiger partial charge in [-0.15, -0.1) is 0 Å². The SMILES string of the molecule is COC(=O)/C=C/c1ccc[n+](CC=NO)c1. The second-order valence-electron chi connectivity index (χ2n) is 2.99. The summed E-state index contributed by atoms with van der Waals surface area (Å²) in [7, 11) is 1.33. The lowest BCUT2D eigenvalue weighted by Gasteiger charge is -1.93. The van der Waals surface area contributed by atoms with Gasteiger partial charge in [0.1, 0.15) is 6.21 Å². The second kappa shape index (κ2) is 6.34. The van der Waals surface area contributed by atoms with Gasteiger partial charge in [0, 0.05) is 17.7 Å². The van der Waals surface area contributed by atoms with Crippen LogP contribution in [0.4, 0.5) is 0 Å². The molecule has 1 N–H and O–H groups in total. The van der Waals surface area contributed by atoms with Gasteiger partial charge in [0.05, 0.1) is 7.11 Å². The number of hydrogen-bond donors (Lipinski definition) is 1. The van der Waals surface area contributed by atoms with Crippen molar-refractivity contribution < 1.29 is 19.3 Å². The summed E-state index contributed by atoms with van der Waals surface area (Å²) in [4.78, 5) is 10.9. The van der Waals surface area contributed by atoms with E-state index in [0.717, 1.165) is 5.56 Å². The number of nitrogens with zero attached hydrogens (tertiary/aromatic N) is 2. The first-order valence-electron chi connectivity index (χ1n) is 4.67. The Morgan fingerprint density at radius 1 is 1.69 bits per heavy atom. The van der Waals surface area contributed by atoms with Gasteiger partial charge in [0.15, 0.2) is 18.9 Å². The molecule has 16 heavy (non-hydrogen) atoms. The summed E-state index contributed by atoms with van der Waals surface area (Å²) in [5, 5.41) is 11.2. The zero-order valence-corrected chi connectivity index (χ0v) is 8.91. The molecule has 0 amide bonds. The zero-order valence-electron chi connectivity index (χ0n) is 8.91. The van der Waals surface area contributed by atoms with Crippen molar-refractivity contribution >= 4 is 18.3 Å². The molecule has 0 atom stereocenters. The minimum Gasteiger partial charge on any atom is -0.466 e. The molecule has 0 aliphatic rings. The maximum absolute atomic E-state index is 10.9. The Morgan fingerprint density at radius 2 is 2.50 bits per heavy atom.